The maximum absolute atomic E-state index is 13.3. The van der Waals surface area contributed by atoms with Gasteiger partial charge in [-0.15, -0.1) is 11.3 Å². The summed E-state index contributed by atoms with van der Waals surface area (Å²) in [7, 11) is 0. The summed E-state index contributed by atoms with van der Waals surface area (Å²) >= 11 is 7.61. The minimum Gasteiger partial charge on any atom is -0.333 e. The van der Waals surface area contributed by atoms with Gasteiger partial charge in [0.25, 0.3) is 0 Å². The van der Waals surface area contributed by atoms with Crippen LogP contribution in [0.1, 0.15) is 5.82 Å². The molecule has 0 radical (unpaired) electrons. The molecule has 136 valence electrons. The van der Waals surface area contributed by atoms with Crippen LogP contribution in [0.25, 0.3) is 32.3 Å². The standard InChI is InChI=1S/C20H12ClF3N2S/c21-14-9-5-4-8-13(14)17-18(26-19(25-17)20(22,23)24)16-11-10-15(27-16)12-6-2-1-3-7-12/h1-11H,(H,25,26). The zero-order valence-electron chi connectivity index (χ0n) is 13.7. The molecule has 0 atom stereocenters. The largest absolute Gasteiger partial charge is 0.449 e. The van der Waals surface area contributed by atoms with E-state index >= 15 is 0 Å². The van der Waals surface area contributed by atoms with Crippen LogP contribution in [-0.2, 0) is 6.18 Å². The molecule has 0 unspecified atom stereocenters. The Bertz CT molecular complexity index is 1080. The maximum Gasteiger partial charge on any atom is 0.449 e. The zero-order valence-corrected chi connectivity index (χ0v) is 15.3. The van der Waals surface area contributed by atoms with Crippen LogP contribution < -0.4 is 0 Å². The summed E-state index contributed by atoms with van der Waals surface area (Å²) in [5.41, 5.74) is 1.95. The number of thiophene rings is 1. The maximum atomic E-state index is 13.3. The number of nitrogens with zero attached hydrogens (tertiary/aromatic N) is 1. The second kappa shape index (κ2) is 6.87. The molecule has 2 aromatic carbocycles. The highest BCUT2D eigenvalue weighted by atomic mass is 35.5. The molecule has 0 fully saturated rings. The number of aromatic nitrogens is 2. The first-order chi connectivity index (χ1) is 12.9. The van der Waals surface area contributed by atoms with E-state index in [-0.39, 0.29) is 5.69 Å². The smallest absolute Gasteiger partial charge is 0.333 e. The fraction of sp³-hybridized carbons (Fsp3) is 0.0500. The summed E-state index contributed by atoms with van der Waals surface area (Å²) in [5.74, 6) is -1.04. The molecule has 0 spiro atoms. The molecular formula is C20H12ClF3N2S. The van der Waals surface area contributed by atoms with Crippen LogP contribution in [-0.4, -0.2) is 9.97 Å². The highest BCUT2D eigenvalue weighted by Gasteiger charge is 2.36. The summed E-state index contributed by atoms with van der Waals surface area (Å²) in [6.07, 6.45) is -4.58. The lowest BCUT2D eigenvalue weighted by molar-refractivity contribution is -0.144. The Hall–Kier alpha value is -2.57. The van der Waals surface area contributed by atoms with Gasteiger partial charge in [-0.1, -0.05) is 60.1 Å². The molecule has 2 heterocycles. The molecule has 7 heteroatoms. The average molecular weight is 405 g/mol. The van der Waals surface area contributed by atoms with Crippen LogP contribution in [0.4, 0.5) is 13.2 Å². The van der Waals surface area contributed by atoms with Crippen LogP contribution in [0, 0.1) is 0 Å². The summed E-state index contributed by atoms with van der Waals surface area (Å²) in [4.78, 5) is 7.87. The van der Waals surface area contributed by atoms with E-state index in [2.05, 4.69) is 9.97 Å². The fourth-order valence-electron chi connectivity index (χ4n) is 2.76. The van der Waals surface area contributed by atoms with Gasteiger partial charge in [0.15, 0.2) is 0 Å². The number of alkyl halides is 3. The monoisotopic (exact) mass is 404 g/mol. The molecule has 0 aliphatic heterocycles. The predicted octanol–water partition coefficient (Wildman–Crippen LogP) is 7.14. The van der Waals surface area contributed by atoms with Crippen LogP contribution >= 0.6 is 22.9 Å². The molecule has 0 aliphatic carbocycles. The van der Waals surface area contributed by atoms with Crippen molar-refractivity contribution in [2.45, 2.75) is 6.18 Å². The van der Waals surface area contributed by atoms with E-state index in [0.717, 1.165) is 10.4 Å². The first-order valence-electron chi connectivity index (χ1n) is 8.01. The van der Waals surface area contributed by atoms with Gasteiger partial charge in [0.2, 0.25) is 5.82 Å². The minimum atomic E-state index is -4.58. The Kier molecular flexibility index (Phi) is 4.53. The number of aromatic amines is 1. The van der Waals surface area contributed by atoms with Crippen LogP contribution in [0.3, 0.4) is 0 Å². The Morgan fingerprint density at radius 1 is 0.852 bits per heavy atom. The summed E-state index contributed by atoms with van der Waals surface area (Å²) < 4.78 is 39.8. The van der Waals surface area contributed by atoms with Crippen molar-refractivity contribution in [2.75, 3.05) is 0 Å². The van der Waals surface area contributed by atoms with E-state index in [9.17, 15) is 13.2 Å². The summed E-state index contributed by atoms with van der Waals surface area (Å²) in [6.45, 7) is 0. The highest BCUT2D eigenvalue weighted by molar-refractivity contribution is 7.18. The van der Waals surface area contributed by atoms with E-state index in [4.69, 9.17) is 11.6 Å². The molecule has 2 nitrogen and oxygen atoms in total. The van der Waals surface area contributed by atoms with Crippen molar-refractivity contribution in [1.82, 2.24) is 9.97 Å². The molecule has 2 aromatic heterocycles. The van der Waals surface area contributed by atoms with Gasteiger partial charge in [-0.05, 0) is 23.8 Å². The first-order valence-corrected chi connectivity index (χ1v) is 9.20. The van der Waals surface area contributed by atoms with Gasteiger partial charge >= 0.3 is 6.18 Å². The number of nitrogens with one attached hydrogen (secondary N) is 1. The van der Waals surface area contributed by atoms with Gasteiger partial charge in [-0.3, -0.25) is 0 Å². The van der Waals surface area contributed by atoms with E-state index in [1.807, 2.05) is 36.4 Å². The van der Waals surface area contributed by atoms with E-state index in [1.54, 1.807) is 30.3 Å². The van der Waals surface area contributed by atoms with Crippen molar-refractivity contribution in [3.05, 3.63) is 77.6 Å². The molecule has 0 saturated heterocycles. The molecule has 0 amide bonds. The van der Waals surface area contributed by atoms with Crippen molar-refractivity contribution in [1.29, 1.82) is 0 Å². The number of halogens is 4. The lowest BCUT2D eigenvalue weighted by Crippen LogP contribution is -2.07. The van der Waals surface area contributed by atoms with Crippen molar-refractivity contribution >= 4 is 22.9 Å². The van der Waals surface area contributed by atoms with Crippen molar-refractivity contribution in [3.8, 4) is 32.3 Å². The van der Waals surface area contributed by atoms with Crippen LogP contribution in [0.2, 0.25) is 5.02 Å². The summed E-state index contributed by atoms with van der Waals surface area (Å²) in [6, 6.07) is 20.1. The lowest BCUT2D eigenvalue weighted by atomic mass is 10.1. The number of hydrogen-bond donors (Lipinski definition) is 1. The first kappa shape index (κ1) is 17.8. The topological polar surface area (TPSA) is 28.7 Å². The molecule has 1 N–H and O–H groups in total. The third-order valence-electron chi connectivity index (χ3n) is 4.01. The van der Waals surface area contributed by atoms with Gasteiger partial charge in [-0.25, -0.2) is 4.98 Å². The normalized spacial score (nSPS) is 11.7. The van der Waals surface area contributed by atoms with Gasteiger partial charge in [0.05, 0.1) is 21.3 Å². The molecule has 4 aromatic rings. The van der Waals surface area contributed by atoms with Crippen molar-refractivity contribution < 1.29 is 13.2 Å². The number of imidazole rings is 1. The molecule has 4 rings (SSSR count). The number of hydrogen-bond acceptors (Lipinski definition) is 2. The Morgan fingerprint density at radius 3 is 2.22 bits per heavy atom. The summed E-state index contributed by atoms with van der Waals surface area (Å²) in [5, 5.41) is 0.346. The molecule has 0 aliphatic rings. The van der Waals surface area contributed by atoms with Gasteiger partial charge in [0, 0.05) is 10.4 Å². The average Bonchev–Trinajstić information content (AvgIpc) is 3.30. The van der Waals surface area contributed by atoms with Gasteiger partial charge in [-0.2, -0.15) is 13.2 Å². The van der Waals surface area contributed by atoms with Gasteiger partial charge in [0.1, 0.15) is 0 Å². The Morgan fingerprint density at radius 2 is 1.52 bits per heavy atom. The molecule has 0 saturated carbocycles. The van der Waals surface area contributed by atoms with Gasteiger partial charge < -0.3 is 4.98 Å². The highest BCUT2D eigenvalue weighted by Crippen LogP contribution is 2.41. The quantitative estimate of drug-likeness (QED) is 0.386. The number of benzene rings is 2. The fourth-order valence-corrected chi connectivity index (χ4v) is 4.00. The lowest BCUT2D eigenvalue weighted by Gasteiger charge is -2.03. The molecule has 0 bridgehead atoms. The Balaban J connectivity index is 1.86. The van der Waals surface area contributed by atoms with E-state index in [0.29, 0.717) is 21.2 Å². The third-order valence-corrected chi connectivity index (χ3v) is 5.49. The Labute approximate surface area is 162 Å². The van der Waals surface area contributed by atoms with Crippen molar-refractivity contribution in [2.24, 2.45) is 0 Å². The predicted molar refractivity (Wildman–Crippen MR) is 103 cm³/mol. The zero-order chi connectivity index (χ0) is 19.0. The molecule has 27 heavy (non-hydrogen) atoms. The second-order valence-corrected chi connectivity index (χ2v) is 7.31. The SMILES string of the molecule is FC(F)(F)c1nc(-c2ccccc2Cl)c(-c2ccc(-c3ccccc3)s2)[nH]1. The van der Waals surface area contributed by atoms with E-state index in [1.165, 1.54) is 11.3 Å². The molecular weight excluding hydrogens is 393 g/mol. The second-order valence-electron chi connectivity index (χ2n) is 5.82. The van der Waals surface area contributed by atoms with Crippen molar-refractivity contribution in [3.63, 3.8) is 0 Å². The van der Waals surface area contributed by atoms with E-state index < -0.39 is 12.0 Å². The third kappa shape index (κ3) is 3.50. The number of rotatable bonds is 3. The minimum absolute atomic E-state index is 0.189. The number of H-pyrrole nitrogens is 1. The van der Waals surface area contributed by atoms with Crippen LogP contribution in [0.5, 0.6) is 0 Å². The van der Waals surface area contributed by atoms with Crippen LogP contribution in [0.15, 0.2) is 66.7 Å².